The van der Waals surface area contributed by atoms with Crippen LogP contribution in [-0.4, -0.2) is 41.1 Å². The van der Waals surface area contributed by atoms with Gasteiger partial charge in [-0.05, 0) is 23.9 Å². The number of rotatable bonds is 5. The second-order valence-electron chi connectivity index (χ2n) is 4.94. The highest BCUT2D eigenvalue weighted by atomic mass is 16.5. The molecule has 21 heavy (non-hydrogen) atoms. The standard InChI is InChI=1S/C16H18O5/c1-10-12-4-2-3-5-13(12)15(19)6-14(10)16(20)21-9-11(7-17)8-18/h2-6,11,17-19H,7-9H2,1H3. The monoisotopic (exact) mass is 290 g/mol. The van der Waals surface area contributed by atoms with E-state index < -0.39 is 11.9 Å². The van der Waals surface area contributed by atoms with Crippen LogP contribution in [-0.2, 0) is 4.74 Å². The minimum absolute atomic E-state index is 0.0176. The molecule has 0 amide bonds. The van der Waals surface area contributed by atoms with Crippen LogP contribution < -0.4 is 0 Å². The van der Waals surface area contributed by atoms with Gasteiger partial charge in [0, 0.05) is 11.3 Å². The van der Waals surface area contributed by atoms with E-state index >= 15 is 0 Å². The van der Waals surface area contributed by atoms with Crippen molar-refractivity contribution in [1.29, 1.82) is 0 Å². The number of fused-ring (bicyclic) bond motifs is 1. The summed E-state index contributed by atoms with van der Waals surface area (Å²) in [6.07, 6.45) is 0. The third-order valence-electron chi connectivity index (χ3n) is 3.48. The second kappa shape index (κ2) is 6.56. The fourth-order valence-electron chi connectivity index (χ4n) is 2.15. The van der Waals surface area contributed by atoms with E-state index in [1.807, 2.05) is 18.2 Å². The normalized spacial score (nSPS) is 11.0. The van der Waals surface area contributed by atoms with Crippen LogP contribution in [0.2, 0.25) is 0 Å². The van der Waals surface area contributed by atoms with Crippen molar-refractivity contribution in [2.45, 2.75) is 6.92 Å². The van der Waals surface area contributed by atoms with E-state index in [-0.39, 0.29) is 31.1 Å². The van der Waals surface area contributed by atoms with E-state index in [4.69, 9.17) is 14.9 Å². The Balaban J connectivity index is 2.29. The Morgan fingerprint density at radius 2 is 1.81 bits per heavy atom. The van der Waals surface area contributed by atoms with Gasteiger partial charge in [-0.2, -0.15) is 0 Å². The number of hydrogen-bond acceptors (Lipinski definition) is 5. The molecule has 0 radical (unpaired) electrons. The zero-order valence-corrected chi connectivity index (χ0v) is 11.7. The minimum Gasteiger partial charge on any atom is -0.507 e. The molecule has 0 spiro atoms. The molecule has 5 heteroatoms. The summed E-state index contributed by atoms with van der Waals surface area (Å²) >= 11 is 0. The van der Waals surface area contributed by atoms with Crippen LogP contribution in [0.1, 0.15) is 15.9 Å². The van der Waals surface area contributed by atoms with Crippen LogP contribution in [0.3, 0.4) is 0 Å². The van der Waals surface area contributed by atoms with E-state index in [0.717, 1.165) is 10.9 Å². The van der Waals surface area contributed by atoms with E-state index in [0.29, 0.717) is 5.39 Å². The van der Waals surface area contributed by atoms with Crippen LogP contribution in [0, 0.1) is 12.8 Å². The van der Waals surface area contributed by atoms with Crippen LogP contribution >= 0.6 is 0 Å². The average Bonchev–Trinajstić information content (AvgIpc) is 2.51. The predicted molar refractivity (Wildman–Crippen MR) is 78.3 cm³/mol. The van der Waals surface area contributed by atoms with Crippen molar-refractivity contribution in [3.05, 3.63) is 41.5 Å². The highest BCUT2D eigenvalue weighted by molar-refractivity contribution is 6.01. The third kappa shape index (κ3) is 3.15. The van der Waals surface area contributed by atoms with E-state index in [2.05, 4.69) is 0 Å². The predicted octanol–water partition coefficient (Wildman–Crippen LogP) is 1.61. The Hall–Kier alpha value is -2.11. The number of ether oxygens (including phenoxy) is 1. The molecule has 0 saturated carbocycles. The number of hydrogen-bond donors (Lipinski definition) is 3. The quantitative estimate of drug-likeness (QED) is 0.728. The molecule has 2 aromatic carbocycles. The lowest BCUT2D eigenvalue weighted by Crippen LogP contribution is -2.20. The summed E-state index contributed by atoms with van der Waals surface area (Å²) in [4.78, 5) is 12.1. The first-order chi connectivity index (χ1) is 10.1. The Labute approximate surface area is 122 Å². The van der Waals surface area contributed by atoms with E-state index in [9.17, 15) is 9.90 Å². The van der Waals surface area contributed by atoms with Crippen LogP contribution in [0.4, 0.5) is 0 Å². The van der Waals surface area contributed by atoms with Gasteiger partial charge < -0.3 is 20.1 Å². The van der Waals surface area contributed by atoms with Crippen molar-refractivity contribution in [2.75, 3.05) is 19.8 Å². The SMILES string of the molecule is Cc1c(C(=O)OCC(CO)CO)cc(O)c2ccccc12. The molecule has 0 saturated heterocycles. The molecule has 0 bridgehead atoms. The van der Waals surface area contributed by atoms with Gasteiger partial charge in [-0.1, -0.05) is 24.3 Å². The zero-order chi connectivity index (χ0) is 15.4. The molecule has 0 unspecified atom stereocenters. The Bertz CT molecular complexity index is 646. The van der Waals surface area contributed by atoms with Gasteiger partial charge in [0.05, 0.1) is 25.4 Å². The molecule has 0 aliphatic rings. The number of benzene rings is 2. The summed E-state index contributed by atoms with van der Waals surface area (Å²) in [5.41, 5.74) is 0.999. The first-order valence-corrected chi connectivity index (χ1v) is 6.68. The fourth-order valence-corrected chi connectivity index (χ4v) is 2.15. The van der Waals surface area contributed by atoms with Gasteiger partial charge in [0.15, 0.2) is 0 Å². The molecule has 2 rings (SSSR count). The van der Waals surface area contributed by atoms with Crippen molar-refractivity contribution in [1.82, 2.24) is 0 Å². The lowest BCUT2D eigenvalue weighted by molar-refractivity contribution is 0.0303. The first-order valence-electron chi connectivity index (χ1n) is 6.68. The summed E-state index contributed by atoms with van der Waals surface area (Å²) in [6.45, 7) is 1.20. The number of aromatic hydroxyl groups is 1. The highest BCUT2D eigenvalue weighted by Crippen LogP contribution is 2.30. The lowest BCUT2D eigenvalue weighted by atomic mass is 9.99. The first kappa shape index (κ1) is 15.3. The van der Waals surface area contributed by atoms with Gasteiger partial charge in [0.2, 0.25) is 0 Å². The number of carbonyl (C=O) groups is 1. The van der Waals surface area contributed by atoms with Crippen molar-refractivity contribution in [3.63, 3.8) is 0 Å². The van der Waals surface area contributed by atoms with Gasteiger partial charge >= 0.3 is 5.97 Å². The molecular weight excluding hydrogens is 272 g/mol. The average molecular weight is 290 g/mol. The second-order valence-corrected chi connectivity index (χ2v) is 4.94. The molecule has 0 fully saturated rings. The highest BCUT2D eigenvalue weighted by Gasteiger charge is 2.17. The number of aryl methyl sites for hydroxylation is 1. The van der Waals surface area contributed by atoms with Crippen LogP contribution in [0.5, 0.6) is 5.75 Å². The maximum atomic E-state index is 12.1. The van der Waals surface area contributed by atoms with Crippen LogP contribution in [0.25, 0.3) is 10.8 Å². The number of aliphatic hydroxyl groups excluding tert-OH is 2. The van der Waals surface area contributed by atoms with Crippen molar-refractivity contribution in [3.8, 4) is 5.75 Å². The van der Waals surface area contributed by atoms with Gasteiger partial charge in [0.25, 0.3) is 0 Å². The minimum atomic E-state index is -0.583. The molecule has 3 N–H and O–H groups in total. The molecular formula is C16H18O5. The summed E-state index contributed by atoms with van der Waals surface area (Å²) in [7, 11) is 0. The van der Waals surface area contributed by atoms with Gasteiger partial charge in [-0.25, -0.2) is 4.79 Å². The largest absolute Gasteiger partial charge is 0.507 e. The molecule has 2 aromatic rings. The topological polar surface area (TPSA) is 87.0 Å². The summed E-state index contributed by atoms with van der Waals surface area (Å²) < 4.78 is 5.09. The van der Waals surface area contributed by atoms with Crippen molar-refractivity contribution < 1.29 is 24.9 Å². The number of phenolic OH excluding ortho intramolecular Hbond substituents is 1. The summed E-state index contributed by atoms with van der Waals surface area (Å²) in [6, 6.07) is 8.63. The number of carbonyl (C=O) groups excluding carboxylic acids is 1. The smallest absolute Gasteiger partial charge is 0.338 e. The Morgan fingerprint density at radius 1 is 1.19 bits per heavy atom. The molecule has 0 aromatic heterocycles. The maximum absolute atomic E-state index is 12.1. The number of aliphatic hydroxyl groups is 2. The van der Waals surface area contributed by atoms with E-state index in [1.54, 1.807) is 13.0 Å². The number of phenols is 1. The van der Waals surface area contributed by atoms with Crippen molar-refractivity contribution in [2.24, 2.45) is 5.92 Å². The Kier molecular flexibility index (Phi) is 4.77. The van der Waals surface area contributed by atoms with Gasteiger partial charge in [0.1, 0.15) is 5.75 Å². The van der Waals surface area contributed by atoms with Crippen LogP contribution in [0.15, 0.2) is 30.3 Å². The Morgan fingerprint density at radius 3 is 2.43 bits per heavy atom. The lowest BCUT2D eigenvalue weighted by Gasteiger charge is -2.14. The molecule has 5 nitrogen and oxygen atoms in total. The maximum Gasteiger partial charge on any atom is 0.338 e. The molecule has 0 aliphatic heterocycles. The molecule has 0 atom stereocenters. The van der Waals surface area contributed by atoms with E-state index in [1.165, 1.54) is 6.07 Å². The fraction of sp³-hybridized carbons (Fsp3) is 0.312. The molecule has 0 heterocycles. The molecule has 112 valence electrons. The van der Waals surface area contributed by atoms with Crippen molar-refractivity contribution >= 4 is 16.7 Å². The summed E-state index contributed by atoms with van der Waals surface area (Å²) in [5, 5.41) is 29.4. The number of esters is 1. The summed E-state index contributed by atoms with van der Waals surface area (Å²) in [5.74, 6) is -1.06. The van der Waals surface area contributed by atoms with Gasteiger partial charge in [-0.3, -0.25) is 0 Å². The third-order valence-corrected chi connectivity index (χ3v) is 3.48. The molecule has 0 aliphatic carbocycles. The zero-order valence-electron chi connectivity index (χ0n) is 11.7. The van der Waals surface area contributed by atoms with Gasteiger partial charge in [-0.15, -0.1) is 0 Å².